The van der Waals surface area contributed by atoms with Crippen molar-refractivity contribution < 1.29 is 0 Å². The predicted octanol–water partition coefficient (Wildman–Crippen LogP) is 5.66. The van der Waals surface area contributed by atoms with Crippen LogP contribution in [0, 0.1) is 0 Å². The average Bonchev–Trinajstić information content (AvgIpc) is 2.38. The summed E-state index contributed by atoms with van der Waals surface area (Å²) in [7, 11) is 1.85. The molecule has 0 amide bonds. The summed E-state index contributed by atoms with van der Waals surface area (Å²) in [6, 6.07) is 5.60. The van der Waals surface area contributed by atoms with Crippen molar-refractivity contribution >= 4 is 49.3 Å². The Morgan fingerprint density at radius 3 is 2.33 bits per heavy atom. The van der Waals surface area contributed by atoms with Crippen molar-refractivity contribution in [2.24, 2.45) is 0 Å². The summed E-state index contributed by atoms with van der Waals surface area (Å²) in [5.41, 5.74) is 1.77. The van der Waals surface area contributed by atoms with Crippen LogP contribution in [0.4, 0.5) is 5.82 Å². The SMILES string of the molecule is CNc1nc(-c2ccc(Cl)cc2Br)nc(C(C)(C)C)c1Br. The minimum absolute atomic E-state index is 0.0962. The van der Waals surface area contributed by atoms with Crippen molar-refractivity contribution in [1.82, 2.24) is 9.97 Å². The van der Waals surface area contributed by atoms with Crippen LogP contribution in [-0.4, -0.2) is 17.0 Å². The molecular weight excluding hydrogens is 417 g/mol. The summed E-state index contributed by atoms with van der Waals surface area (Å²) in [5, 5.41) is 3.78. The summed E-state index contributed by atoms with van der Waals surface area (Å²) in [4.78, 5) is 9.33. The van der Waals surface area contributed by atoms with Gasteiger partial charge in [-0.1, -0.05) is 32.4 Å². The molecule has 0 saturated heterocycles. The maximum Gasteiger partial charge on any atom is 0.163 e. The quantitative estimate of drug-likeness (QED) is 0.664. The molecule has 1 aromatic heterocycles. The molecule has 2 aromatic rings. The number of aromatic nitrogens is 2. The molecule has 112 valence electrons. The third kappa shape index (κ3) is 3.58. The second-order valence-corrected chi connectivity index (χ2v) is 7.77. The monoisotopic (exact) mass is 431 g/mol. The van der Waals surface area contributed by atoms with E-state index in [-0.39, 0.29) is 5.41 Å². The lowest BCUT2D eigenvalue weighted by molar-refractivity contribution is 0.564. The van der Waals surface area contributed by atoms with Crippen LogP contribution in [0.25, 0.3) is 11.4 Å². The van der Waals surface area contributed by atoms with E-state index < -0.39 is 0 Å². The molecule has 0 bridgehead atoms. The minimum Gasteiger partial charge on any atom is -0.372 e. The lowest BCUT2D eigenvalue weighted by Gasteiger charge is -2.22. The molecule has 0 radical (unpaired) electrons. The van der Waals surface area contributed by atoms with Crippen LogP contribution >= 0.6 is 43.5 Å². The van der Waals surface area contributed by atoms with E-state index in [0.29, 0.717) is 10.8 Å². The van der Waals surface area contributed by atoms with Crippen LogP contribution in [-0.2, 0) is 5.41 Å². The normalized spacial score (nSPS) is 11.6. The van der Waals surface area contributed by atoms with E-state index in [4.69, 9.17) is 16.6 Å². The van der Waals surface area contributed by atoms with E-state index in [9.17, 15) is 0 Å². The third-order valence-electron chi connectivity index (χ3n) is 2.97. The zero-order valence-corrected chi connectivity index (χ0v) is 16.2. The molecule has 0 atom stereocenters. The lowest BCUT2D eigenvalue weighted by atomic mass is 9.91. The highest BCUT2D eigenvalue weighted by molar-refractivity contribution is 9.11. The summed E-state index contributed by atoms with van der Waals surface area (Å²) >= 11 is 13.1. The van der Waals surface area contributed by atoms with Gasteiger partial charge in [0.05, 0.1) is 10.2 Å². The molecule has 0 unspecified atom stereocenters. The van der Waals surface area contributed by atoms with Crippen LogP contribution < -0.4 is 5.32 Å². The molecule has 1 aromatic carbocycles. The molecule has 0 aliphatic carbocycles. The first-order valence-corrected chi connectivity index (χ1v) is 8.41. The first-order chi connectivity index (χ1) is 9.74. The van der Waals surface area contributed by atoms with Crippen molar-refractivity contribution in [2.75, 3.05) is 12.4 Å². The standard InChI is InChI=1S/C15H16Br2ClN3/c1-15(2,3)12-11(17)14(19-4)21-13(20-12)9-6-5-8(18)7-10(9)16/h5-7H,1-4H3,(H,19,20,21). The molecule has 0 aliphatic rings. The summed E-state index contributed by atoms with van der Waals surface area (Å²) < 4.78 is 1.77. The number of nitrogens with zero attached hydrogens (tertiary/aromatic N) is 2. The van der Waals surface area contributed by atoms with Gasteiger partial charge in [0.2, 0.25) is 0 Å². The second kappa shape index (κ2) is 6.23. The first-order valence-electron chi connectivity index (χ1n) is 6.45. The van der Waals surface area contributed by atoms with Crippen LogP contribution in [0.1, 0.15) is 26.5 Å². The molecule has 21 heavy (non-hydrogen) atoms. The number of nitrogens with one attached hydrogen (secondary N) is 1. The smallest absolute Gasteiger partial charge is 0.163 e. The number of anilines is 1. The number of hydrogen-bond acceptors (Lipinski definition) is 3. The van der Waals surface area contributed by atoms with E-state index >= 15 is 0 Å². The Labute approximate surface area is 146 Å². The summed E-state index contributed by atoms with van der Waals surface area (Å²) in [6.07, 6.45) is 0. The maximum absolute atomic E-state index is 6.00. The van der Waals surface area contributed by atoms with Gasteiger partial charge in [-0.25, -0.2) is 9.97 Å². The van der Waals surface area contributed by atoms with E-state index in [1.165, 1.54) is 0 Å². The van der Waals surface area contributed by atoms with Crippen molar-refractivity contribution in [2.45, 2.75) is 26.2 Å². The molecule has 0 fully saturated rings. The zero-order valence-electron chi connectivity index (χ0n) is 12.3. The van der Waals surface area contributed by atoms with Gasteiger partial charge in [-0.2, -0.15) is 0 Å². The predicted molar refractivity (Wildman–Crippen MR) is 96.1 cm³/mol. The summed E-state index contributed by atoms with van der Waals surface area (Å²) in [5.74, 6) is 1.43. The largest absolute Gasteiger partial charge is 0.372 e. The van der Waals surface area contributed by atoms with Crippen molar-refractivity contribution in [1.29, 1.82) is 0 Å². The Morgan fingerprint density at radius 2 is 1.81 bits per heavy atom. The van der Waals surface area contributed by atoms with Gasteiger partial charge in [-0.05, 0) is 50.1 Å². The highest BCUT2D eigenvalue weighted by Gasteiger charge is 2.23. The molecule has 1 heterocycles. The number of rotatable bonds is 2. The molecule has 0 saturated carbocycles. The Bertz CT molecular complexity index is 681. The van der Waals surface area contributed by atoms with Crippen LogP contribution in [0.5, 0.6) is 0 Å². The van der Waals surface area contributed by atoms with Gasteiger partial charge in [-0.3, -0.25) is 0 Å². The van der Waals surface area contributed by atoms with Gasteiger partial charge in [0.15, 0.2) is 5.82 Å². The summed E-state index contributed by atoms with van der Waals surface area (Å²) in [6.45, 7) is 6.38. The van der Waals surface area contributed by atoms with Gasteiger partial charge in [-0.15, -0.1) is 0 Å². The number of hydrogen-bond donors (Lipinski definition) is 1. The first kappa shape index (κ1) is 16.7. The van der Waals surface area contributed by atoms with E-state index in [2.05, 4.69) is 62.9 Å². The fourth-order valence-corrected chi connectivity index (χ4v) is 3.73. The number of benzene rings is 1. The van der Waals surface area contributed by atoms with Gasteiger partial charge < -0.3 is 5.32 Å². The Hall–Kier alpha value is -0.650. The number of halogens is 3. The van der Waals surface area contributed by atoms with Gasteiger partial charge in [0.1, 0.15) is 5.82 Å². The van der Waals surface area contributed by atoms with Crippen molar-refractivity contribution in [3.8, 4) is 11.4 Å². The Balaban J connectivity index is 2.70. The molecule has 0 spiro atoms. The zero-order chi connectivity index (χ0) is 15.8. The third-order valence-corrected chi connectivity index (χ3v) is 4.61. The lowest BCUT2D eigenvalue weighted by Crippen LogP contribution is -2.17. The molecular formula is C15H16Br2ClN3. The molecule has 0 aliphatic heterocycles. The fourth-order valence-electron chi connectivity index (χ4n) is 1.90. The second-order valence-electron chi connectivity index (χ2n) is 5.68. The topological polar surface area (TPSA) is 37.8 Å². The Morgan fingerprint density at radius 1 is 1.14 bits per heavy atom. The highest BCUT2D eigenvalue weighted by atomic mass is 79.9. The highest BCUT2D eigenvalue weighted by Crippen LogP contribution is 2.36. The maximum atomic E-state index is 6.00. The van der Waals surface area contributed by atoms with Crippen molar-refractivity contribution in [3.63, 3.8) is 0 Å². The molecule has 6 heteroatoms. The van der Waals surface area contributed by atoms with E-state index in [0.717, 1.165) is 26.0 Å². The molecule has 3 nitrogen and oxygen atoms in total. The average molecular weight is 434 g/mol. The molecule has 1 N–H and O–H groups in total. The van der Waals surface area contributed by atoms with Gasteiger partial charge in [0, 0.05) is 27.5 Å². The van der Waals surface area contributed by atoms with Gasteiger partial charge in [0.25, 0.3) is 0 Å². The minimum atomic E-state index is -0.0962. The van der Waals surface area contributed by atoms with Crippen LogP contribution in [0.2, 0.25) is 5.02 Å². The Kier molecular flexibility index (Phi) is 4.96. The van der Waals surface area contributed by atoms with Crippen LogP contribution in [0.15, 0.2) is 27.1 Å². The van der Waals surface area contributed by atoms with E-state index in [1.54, 1.807) is 0 Å². The molecule has 2 rings (SSSR count). The van der Waals surface area contributed by atoms with Crippen molar-refractivity contribution in [3.05, 3.63) is 37.9 Å². The van der Waals surface area contributed by atoms with E-state index in [1.807, 2.05) is 25.2 Å². The fraction of sp³-hybridized carbons (Fsp3) is 0.333. The van der Waals surface area contributed by atoms with Crippen LogP contribution in [0.3, 0.4) is 0 Å². The van der Waals surface area contributed by atoms with Gasteiger partial charge >= 0.3 is 0 Å².